The highest BCUT2D eigenvalue weighted by atomic mass is 19.4. The maximum absolute atomic E-state index is 12.2. The average Bonchev–Trinajstić information content (AvgIpc) is 2.01. The maximum atomic E-state index is 12.2. The van der Waals surface area contributed by atoms with Crippen molar-refractivity contribution in [3.05, 3.63) is 23.9 Å². The van der Waals surface area contributed by atoms with Gasteiger partial charge in [-0.2, -0.15) is 13.2 Å². The molecule has 1 amide bonds. The van der Waals surface area contributed by atoms with Crippen LogP contribution in [0, 0.1) is 0 Å². The van der Waals surface area contributed by atoms with Gasteiger partial charge in [-0.25, -0.2) is 9.78 Å². The quantitative estimate of drug-likeness (QED) is 0.740. The summed E-state index contributed by atoms with van der Waals surface area (Å²) < 4.78 is 36.7. The van der Waals surface area contributed by atoms with Crippen LogP contribution in [0.25, 0.3) is 0 Å². The molecule has 1 aromatic rings. The molecular weight excluding hydrogens is 201 g/mol. The average molecular weight is 206 g/mol. The number of amides is 1. The van der Waals surface area contributed by atoms with Crippen LogP contribution in [0.1, 0.15) is 5.56 Å². The fourth-order valence-corrected chi connectivity index (χ4v) is 0.835. The molecule has 0 radical (unpaired) electrons. The topological polar surface area (TPSA) is 62.2 Å². The van der Waals surface area contributed by atoms with Crippen molar-refractivity contribution in [2.24, 2.45) is 0 Å². The summed E-state index contributed by atoms with van der Waals surface area (Å²) in [5.41, 5.74) is -1.11. The molecule has 0 aliphatic rings. The number of rotatable bonds is 1. The van der Waals surface area contributed by atoms with Crippen LogP contribution < -0.4 is 5.32 Å². The number of pyridine rings is 1. The van der Waals surface area contributed by atoms with Crippen LogP contribution in [0.15, 0.2) is 18.3 Å². The Bertz CT molecular complexity index is 351. The Hall–Kier alpha value is -1.79. The minimum absolute atomic E-state index is 0.715. The first-order chi connectivity index (χ1) is 6.41. The Kier molecular flexibility index (Phi) is 2.59. The first-order valence-corrected chi connectivity index (χ1v) is 3.43. The highest BCUT2D eigenvalue weighted by Gasteiger charge is 2.34. The normalized spacial score (nSPS) is 11.1. The summed E-state index contributed by atoms with van der Waals surface area (Å²) in [6.45, 7) is 0. The van der Waals surface area contributed by atoms with E-state index in [0.717, 1.165) is 18.3 Å². The standard InChI is InChI=1S/C7H5F3N2O2/c8-7(9,10)4-2-1-3-11-5(4)12-6(13)14/h1-3H,(H,11,12)(H,13,14). The summed E-state index contributed by atoms with van der Waals surface area (Å²) in [5.74, 6) is -0.715. The fraction of sp³-hybridized carbons (Fsp3) is 0.143. The predicted molar refractivity (Wildman–Crippen MR) is 40.9 cm³/mol. The van der Waals surface area contributed by atoms with Crippen molar-refractivity contribution in [1.29, 1.82) is 0 Å². The largest absolute Gasteiger partial charge is 0.465 e. The molecule has 1 rings (SSSR count). The van der Waals surface area contributed by atoms with Gasteiger partial charge >= 0.3 is 12.3 Å². The monoisotopic (exact) mass is 206 g/mol. The molecule has 0 unspecified atom stereocenters. The lowest BCUT2D eigenvalue weighted by Crippen LogP contribution is -2.15. The van der Waals surface area contributed by atoms with Gasteiger partial charge in [-0.15, -0.1) is 0 Å². The Morgan fingerprint density at radius 3 is 2.64 bits per heavy atom. The van der Waals surface area contributed by atoms with E-state index in [-0.39, 0.29) is 0 Å². The lowest BCUT2D eigenvalue weighted by Gasteiger charge is -2.10. The summed E-state index contributed by atoms with van der Waals surface area (Å²) in [6, 6.07) is 1.83. The van der Waals surface area contributed by atoms with Gasteiger partial charge in [0, 0.05) is 6.20 Å². The second-order valence-corrected chi connectivity index (χ2v) is 2.33. The third-order valence-corrected chi connectivity index (χ3v) is 1.34. The van der Waals surface area contributed by atoms with Crippen LogP contribution in [0.2, 0.25) is 0 Å². The molecule has 0 saturated heterocycles. The zero-order chi connectivity index (χ0) is 10.8. The van der Waals surface area contributed by atoms with Crippen molar-refractivity contribution in [2.75, 3.05) is 5.32 Å². The number of hydrogen-bond donors (Lipinski definition) is 2. The summed E-state index contributed by atoms with van der Waals surface area (Å²) >= 11 is 0. The van der Waals surface area contributed by atoms with Gasteiger partial charge in [-0.1, -0.05) is 0 Å². The van der Waals surface area contributed by atoms with Crippen LogP contribution in [0.3, 0.4) is 0 Å². The molecule has 1 heterocycles. The molecule has 2 N–H and O–H groups in total. The van der Waals surface area contributed by atoms with Crippen LogP contribution in [0.4, 0.5) is 23.8 Å². The zero-order valence-corrected chi connectivity index (χ0v) is 6.67. The molecule has 0 saturated carbocycles. The molecular formula is C7H5F3N2O2. The van der Waals surface area contributed by atoms with Crippen molar-refractivity contribution < 1.29 is 23.1 Å². The van der Waals surface area contributed by atoms with Gasteiger partial charge in [0.1, 0.15) is 5.82 Å². The van der Waals surface area contributed by atoms with Crippen molar-refractivity contribution in [2.45, 2.75) is 6.18 Å². The minimum Gasteiger partial charge on any atom is -0.465 e. The highest BCUT2D eigenvalue weighted by Crippen LogP contribution is 2.33. The van der Waals surface area contributed by atoms with Gasteiger partial charge in [-0.05, 0) is 12.1 Å². The van der Waals surface area contributed by atoms with E-state index in [2.05, 4.69) is 4.98 Å². The zero-order valence-electron chi connectivity index (χ0n) is 6.67. The summed E-state index contributed by atoms with van der Waals surface area (Å²) in [7, 11) is 0. The molecule has 7 heteroatoms. The van der Waals surface area contributed by atoms with E-state index in [1.807, 2.05) is 0 Å². The van der Waals surface area contributed by atoms with E-state index >= 15 is 0 Å². The first-order valence-electron chi connectivity index (χ1n) is 3.43. The summed E-state index contributed by atoms with van der Waals surface area (Å²) in [5, 5.41) is 9.80. The predicted octanol–water partition coefficient (Wildman–Crippen LogP) is 2.19. The van der Waals surface area contributed by atoms with Gasteiger partial charge in [0.05, 0.1) is 5.56 Å². The molecule has 14 heavy (non-hydrogen) atoms. The maximum Gasteiger partial charge on any atom is 0.419 e. The molecule has 0 atom stereocenters. The fourth-order valence-electron chi connectivity index (χ4n) is 0.835. The summed E-state index contributed by atoms with van der Waals surface area (Å²) in [4.78, 5) is 13.4. The van der Waals surface area contributed by atoms with Crippen molar-refractivity contribution in [3.8, 4) is 0 Å². The molecule has 0 spiro atoms. The number of anilines is 1. The van der Waals surface area contributed by atoms with E-state index in [1.54, 1.807) is 5.32 Å². The van der Waals surface area contributed by atoms with Gasteiger partial charge in [-0.3, -0.25) is 5.32 Å². The molecule has 0 aromatic carbocycles. The number of hydrogen-bond acceptors (Lipinski definition) is 2. The van der Waals surface area contributed by atoms with Gasteiger partial charge in [0.2, 0.25) is 0 Å². The molecule has 0 aliphatic carbocycles. The van der Waals surface area contributed by atoms with Crippen LogP contribution in [-0.4, -0.2) is 16.2 Å². The Morgan fingerprint density at radius 2 is 2.14 bits per heavy atom. The third kappa shape index (κ3) is 2.35. The smallest absolute Gasteiger partial charge is 0.419 e. The molecule has 1 aromatic heterocycles. The number of carboxylic acid groups (broad SMARTS) is 1. The van der Waals surface area contributed by atoms with E-state index in [0.29, 0.717) is 0 Å². The van der Waals surface area contributed by atoms with Crippen molar-refractivity contribution >= 4 is 11.9 Å². The first kappa shape index (κ1) is 10.3. The number of carbonyl (C=O) groups is 1. The van der Waals surface area contributed by atoms with Crippen LogP contribution in [-0.2, 0) is 6.18 Å². The number of aromatic nitrogens is 1. The van der Waals surface area contributed by atoms with Crippen molar-refractivity contribution in [1.82, 2.24) is 4.98 Å². The number of halogens is 3. The minimum atomic E-state index is -4.62. The van der Waals surface area contributed by atoms with Crippen LogP contribution >= 0.6 is 0 Å². The SMILES string of the molecule is O=C(O)Nc1ncccc1C(F)(F)F. The summed E-state index contributed by atoms with van der Waals surface area (Å²) in [6.07, 6.45) is -5.14. The van der Waals surface area contributed by atoms with E-state index in [1.165, 1.54) is 0 Å². The Morgan fingerprint density at radius 1 is 1.50 bits per heavy atom. The van der Waals surface area contributed by atoms with E-state index in [9.17, 15) is 18.0 Å². The molecule has 0 fully saturated rings. The number of nitrogens with zero attached hydrogens (tertiary/aromatic N) is 1. The van der Waals surface area contributed by atoms with E-state index < -0.39 is 23.7 Å². The lowest BCUT2D eigenvalue weighted by atomic mass is 10.2. The third-order valence-electron chi connectivity index (χ3n) is 1.34. The van der Waals surface area contributed by atoms with Gasteiger partial charge < -0.3 is 5.11 Å². The second kappa shape index (κ2) is 3.52. The van der Waals surface area contributed by atoms with Crippen molar-refractivity contribution in [3.63, 3.8) is 0 Å². The van der Waals surface area contributed by atoms with E-state index in [4.69, 9.17) is 5.11 Å². The number of nitrogens with one attached hydrogen (secondary N) is 1. The Labute approximate surface area is 76.4 Å². The molecule has 0 bridgehead atoms. The number of alkyl halides is 3. The van der Waals surface area contributed by atoms with Gasteiger partial charge in [0.25, 0.3) is 0 Å². The van der Waals surface area contributed by atoms with Crippen LogP contribution in [0.5, 0.6) is 0 Å². The highest BCUT2D eigenvalue weighted by molar-refractivity contribution is 5.82. The molecule has 76 valence electrons. The lowest BCUT2D eigenvalue weighted by molar-refractivity contribution is -0.137. The van der Waals surface area contributed by atoms with Gasteiger partial charge in [0.15, 0.2) is 0 Å². The molecule has 0 aliphatic heterocycles. The Balaban J connectivity index is 3.10. The second-order valence-electron chi connectivity index (χ2n) is 2.33. The molecule has 4 nitrogen and oxygen atoms in total.